The Kier molecular flexibility index (Phi) is 2.80. The lowest BCUT2D eigenvalue weighted by Gasteiger charge is -2.02. The average molecular weight is 252 g/mol. The van der Waals surface area contributed by atoms with E-state index in [0.29, 0.717) is 0 Å². The first-order valence-electron chi connectivity index (χ1n) is 6.05. The Balaban J connectivity index is 2.14. The van der Waals surface area contributed by atoms with Gasteiger partial charge in [0.05, 0.1) is 7.11 Å². The van der Waals surface area contributed by atoms with Gasteiger partial charge >= 0.3 is 0 Å². The van der Waals surface area contributed by atoms with E-state index in [2.05, 4.69) is 0 Å². The zero-order valence-electron chi connectivity index (χ0n) is 10.6. The molecule has 0 unspecified atom stereocenters. The Bertz CT molecular complexity index is 720. The van der Waals surface area contributed by atoms with Gasteiger partial charge in [0.25, 0.3) is 0 Å². The van der Waals surface area contributed by atoms with Gasteiger partial charge in [-0.25, -0.2) is 0 Å². The molecule has 0 saturated heterocycles. The molecule has 0 radical (unpaired) electrons. The van der Waals surface area contributed by atoms with Crippen molar-refractivity contribution < 1.29 is 14.4 Å². The molecule has 19 heavy (non-hydrogen) atoms. The summed E-state index contributed by atoms with van der Waals surface area (Å²) in [5.41, 5.74) is 0.974. The summed E-state index contributed by atoms with van der Waals surface area (Å²) in [5.74, 6) is 1.09. The van der Waals surface area contributed by atoms with Gasteiger partial charge in [0, 0.05) is 22.9 Å². The normalized spacial score (nSPS) is 10.6. The van der Waals surface area contributed by atoms with Crippen LogP contribution in [0.5, 0.6) is 11.5 Å². The molecule has 3 rings (SSSR count). The van der Waals surface area contributed by atoms with Crippen molar-refractivity contribution in [2.75, 3.05) is 7.11 Å². The summed E-state index contributed by atoms with van der Waals surface area (Å²) < 4.78 is 7.04. The van der Waals surface area contributed by atoms with Gasteiger partial charge in [0.2, 0.25) is 11.9 Å². The zero-order chi connectivity index (χ0) is 13.2. The van der Waals surface area contributed by atoms with Crippen LogP contribution in [0.3, 0.4) is 0 Å². The first-order chi connectivity index (χ1) is 9.28. The van der Waals surface area contributed by atoms with Gasteiger partial charge in [-0.05, 0) is 18.2 Å². The minimum Gasteiger partial charge on any atom is -0.502 e. The number of methoxy groups -OCH3 is 1. The molecule has 1 N–H and O–H groups in total. The minimum absolute atomic E-state index is 0.272. The second-order valence-electron chi connectivity index (χ2n) is 4.34. The molecule has 3 aromatic rings. The third kappa shape index (κ3) is 2.10. The lowest BCUT2D eigenvalue weighted by molar-refractivity contribution is -0.594. The molecule has 3 heteroatoms. The number of aromatic nitrogens is 1. The molecule has 0 aliphatic heterocycles. The molecule has 0 amide bonds. The van der Waals surface area contributed by atoms with E-state index in [-0.39, 0.29) is 5.75 Å². The molecule has 2 aromatic carbocycles. The second kappa shape index (κ2) is 4.61. The fourth-order valence-corrected chi connectivity index (χ4v) is 2.13. The Morgan fingerprint density at radius 2 is 1.68 bits per heavy atom. The quantitative estimate of drug-likeness (QED) is 0.711. The molecule has 0 fully saturated rings. The van der Waals surface area contributed by atoms with Crippen LogP contribution < -0.4 is 9.30 Å². The molecule has 1 heterocycles. The van der Waals surface area contributed by atoms with Crippen LogP contribution in [0.1, 0.15) is 0 Å². The van der Waals surface area contributed by atoms with E-state index in [1.807, 2.05) is 59.3 Å². The number of rotatable bonds is 2. The van der Waals surface area contributed by atoms with Crippen LogP contribution in [0, 0.1) is 0 Å². The fourth-order valence-electron chi connectivity index (χ4n) is 2.13. The molecule has 0 aliphatic rings. The Labute approximate surface area is 111 Å². The highest BCUT2D eigenvalue weighted by molar-refractivity contribution is 5.86. The third-order valence-electron chi connectivity index (χ3n) is 3.15. The number of fused-ring (bicyclic) bond motifs is 1. The second-order valence-corrected chi connectivity index (χ2v) is 4.34. The maximum atomic E-state index is 10.1. The monoisotopic (exact) mass is 252 g/mol. The SMILES string of the molecule is COc1ccc(-[n+]2cc(O)c3ccccc3c2)cc1. The van der Waals surface area contributed by atoms with Crippen molar-refractivity contribution in [1.82, 2.24) is 0 Å². The lowest BCUT2D eigenvalue weighted by Crippen LogP contribution is -2.29. The lowest BCUT2D eigenvalue weighted by atomic mass is 10.1. The molecule has 0 bridgehead atoms. The summed E-state index contributed by atoms with van der Waals surface area (Å²) in [6, 6.07) is 15.5. The molecule has 0 saturated carbocycles. The number of benzene rings is 2. The van der Waals surface area contributed by atoms with Crippen LogP contribution in [0.15, 0.2) is 60.9 Å². The summed E-state index contributed by atoms with van der Waals surface area (Å²) in [6.07, 6.45) is 3.71. The minimum atomic E-state index is 0.272. The van der Waals surface area contributed by atoms with Crippen LogP contribution in [-0.2, 0) is 0 Å². The van der Waals surface area contributed by atoms with E-state index in [0.717, 1.165) is 22.2 Å². The van der Waals surface area contributed by atoms with Gasteiger partial charge in [-0.15, -0.1) is 0 Å². The number of pyridine rings is 1. The van der Waals surface area contributed by atoms with Crippen LogP contribution >= 0.6 is 0 Å². The van der Waals surface area contributed by atoms with E-state index in [1.165, 1.54) is 0 Å². The van der Waals surface area contributed by atoms with Crippen molar-refractivity contribution in [2.45, 2.75) is 0 Å². The Morgan fingerprint density at radius 1 is 0.947 bits per heavy atom. The summed E-state index contributed by atoms with van der Waals surface area (Å²) in [4.78, 5) is 0. The first kappa shape index (κ1) is 11.5. The summed E-state index contributed by atoms with van der Waals surface area (Å²) in [6.45, 7) is 0. The number of nitrogens with zero attached hydrogens (tertiary/aromatic N) is 1. The average Bonchev–Trinajstić information content (AvgIpc) is 2.47. The van der Waals surface area contributed by atoms with Gasteiger partial charge in [-0.2, -0.15) is 4.57 Å². The number of hydrogen-bond donors (Lipinski definition) is 1. The molecular weight excluding hydrogens is 238 g/mol. The highest BCUT2D eigenvalue weighted by Gasteiger charge is 2.11. The van der Waals surface area contributed by atoms with Gasteiger partial charge in [0.1, 0.15) is 5.75 Å². The molecule has 3 nitrogen and oxygen atoms in total. The van der Waals surface area contributed by atoms with Crippen molar-refractivity contribution in [3.63, 3.8) is 0 Å². The smallest absolute Gasteiger partial charge is 0.217 e. The molecule has 0 atom stereocenters. The van der Waals surface area contributed by atoms with Crippen LogP contribution in [0.4, 0.5) is 0 Å². The van der Waals surface area contributed by atoms with Crippen LogP contribution in [0.25, 0.3) is 16.5 Å². The van der Waals surface area contributed by atoms with Gasteiger partial charge in [-0.3, -0.25) is 0 Å². The predicted octanol–water partition coefficient (Wildman–Crippen LogP) is 2.83. The Hall–Kier alpha value is -2.55. The van der Waals surface area contributed by atoms with Gasteiger partial charge in [-0.1, -0.05) is 18.2 Å². The number of aromatic hydroxyl groups is 1. The van der Waals surface area contributed by atoms with Crippen molar-refractivity contribution in [1.29, 1.82) is 0 Å². The first-order valence-corrected chi connectivity index (χ1v) is 6.05. The summed E-state index contributed by atoms with van der Waals surface area (Å²) in [7, 11) is 1.64. The maximum absolute atomic E-state index is 10.1. The van der Waals surface area contributed by atoms with E-state index in [9.17, 15) is 5.11 Å². The Morgan fingerprint density at radius 3 is 2.42 bits per heavy atom. The molecule has 1 aromatic heterocycles. The number of ether oxygens (including phenoxy) is 1. The third-order valence-corrected chi connectivity index (χ3v) is 3.15. The van der Waals surface area contributed by atoms with Crippen molar-refractivity contribution in [2.24, 2.45) is 0 Å². The highest BCUT2D eigenvalue weighted by Crippen LogP contribution is 2.22. The van der Waals surface area contributed by atoms with Crippen molar-refractivity contribution in [3.8, 4) is 17.2 Å². The zero-order valence-corrected chi connectivity index (χ0v) is 10.6. The molecule has 0 spiro atoms. The van der Waals surface area contributed by atoms with E-state index in [4.69, 9.17) is 4.74 Å². The highest BCUT2D eigenvalue weighted by atomic mass is 16.5. The summed E-state index contributed by atoms with van der Waals surface area (Å²) in [5, 5.41) is 11.9. The standard InChI is InChI=1S/C16H13NO2/c1-19-14-8-6-13(7-9-14)17-10-12-4-2-3-5-15(12)16(18)11-17/h2-11H,1H3/p+1. The topological polar surface area (TPSA) is 33.3 Å². The molecule has 94 valence electrons. The van der Waals surface area contributed by atoms with Crippen molar-refractivity contribution in [3.05, 3.63) is 60.9 Å². The predicted molar refractivity (Wildman–Crippen MR) is 73.7 cm³/mol. The van der Waals surface area contributed by atoms with Gasteiger partial charge in [0.15, 0.2) is 11.9 Å². The van der Waals surface area contributed by atoms with Gasteiger partial charge < -0.3 is 9.84 Å². The van der Waals surface area contributed by atoms with Crippen LogP contribution in [0.2, 0.25) is 0 Å². The van der Waals surface area contributed by atoms with Crippen LogP contribution in [-0.4, -0.2) is 12.2 Å². The maximum Gasteiger partial charge on any atom is 0.217 e. The molecular formula is C16H14NO2+. The summed E-state index contributed by atoms with van der Waals surface area (Å²) >= 11 is 0. The van der Waals surface area contributed by atoms with Crippen molar-refractivity contribution >= 4 is 10.8 Å². The van der Waals surface area contributed by atoms with E-state index < -0.39 is 0 Å². The largest absolute Gasteiger partial charge is 0.502 e. The molecule has 0 aliphatic carbocycles. The van der Waals surface area contributed by atoms with E-state index in [1.54, 1.807) is 13.3 Å². The number of hydrogen-bond acceptors (Lipinski definition) is 2. The van der Waals surface area contributed by atoms with E-state index >= 15 is 0 Å². The fraction of sp³-hybridized carbons (Fsp3) is 0.0625.